The van der Waals surface area contributed by atoms with Crippen LogP contribution in [0, 0.1) is 24.2 Å². The van der Waals surface area contributed by atoms with Gasteiger partial charge in [0.05, 0.1) is 23.2 Å². The van der Waals surface area contributed by atoms with Gasteiger partial charge in [-0.3, -0.25) is 19.2 Å². The first-order valence-electron chi connectivity index (χ1n) is 13.5. The van der Waals surface area contributed by atoms with Crippen LogP contribution in [-0.2, 0) is 21.4 Å². The van der Waals surface area contributed by atoms with Crippen molar-refractivity contribution < 1.29 is 24.2 Å². The molecule has 2 fully saturated rings. The molecule has 2 atom stereocenters. The molecule has 10 heteroatoms. The van der Waals surface area contributed by atoms with E-state index in [-0.39, 0.29) is 18.6 Å². The van der Waals surface area contributed by atoms with Gasteiger partial charge in [0.1, 0.15) is 11.9 Å². The van der Waals surface area contributed by atoms with E-state index < -0.39 is 11.4 Å². The van der Waals surface area contributed by atoms with E-state index in [9.17, 15) is 14.7 Å². The van der Waals surface area contributed by atoms with Crippen molar-refractivity contribution in [1.82, 2.24) is 14.8 Å². The number of benzene rings is 1. The van der Waals surface area contributed by atoms with Gasteiger partial charge in [-0.1, -0.05) is 21.9 Å². The summed E-state index contributed by atoms with van der Waals surface area (Å²) in [4.78, 5) is 32.1. The summed E-state index contributed by atoms with van der Waals surface area (Å²) in [5.41, 5.74) is 3.09. The van der Waals surface area contributed by atoms with Gasteiger partial charge in [0.25, 0.3) is 5.88 Å². The van der Waals surface area contributed by atoms with E-state index in [1.807, 2.05) is 19.1 Å². The maximum absolute atomic E-state index is 13.5. The molecule has 0 saturated heterocycles. The fourth-order valence-corrected chi connectivity index (χ4v) is 5.99. The van der Waals surface area contributed by atoms with Gasteiger partial charge in [-0.25, -0.2) is 4.98 Å². The summed E-state index contributed by atoms with van der Waals surface area (Å²) in [7, 11) is 3.32. The van der Waals surface area contributed by atoms with Crippen molar-refractivity contribution in [3.8, 4) is 17.7 Å². The lowest BCUT2D eigenvalue weighted by Gasteiger charge is -2.36. The van der Waals surface area contributed by atoms with Crippen molar-refractivity contribution in [3.05, 3.63) is 39.9 Å². The van der Waals surface area contributed by atoms with E-state index in [4.69, 9.17) is 14.5 Å². The van der Waals surface area contributed by atoms with Crippen LogP contribution in [0.5, 0.6) is 5.88 Å². The van der Waals surface area contributed by atoms with E-state index in [2.05, 4.69) is 38.9 Å². The first-order valence-corrected chi connectivity index (χ1v) is 14.3. The van der Waals surface area contributed by atoms with E-state index in [1.165, 1.54) is 7.11 Å². The summed E-state index contributed by atoms with van der Waals surface area (Å²) in [5, 5.41) is 14.5. The smallest absolute Gasteiger partial charge is 0.312 e. The van der Waals surface area contributed by atoms with Crippen LogP contribution in [0.3, 0.4) is 0 Å². The Kier molecular flexibility index (Phi) is 7.89. The maximum Gasteiger partial charge on any atom is 0.312 e. The average Bonchev–Trinajstić information content (AvgIpc) is 3.71. The number of methoxy groups -OCH3 is 1. The van der Waals surface area contributed by atoms with Crippen molar-refractivity contribution in [2.24, 2.45) is 12.5 Å². The Morgan fingerprint density at radius 1 is 1.27 bits per heavy atom. The van der Waals surface area contributed by atoms with Gasteiger partial charge in [-0.2, -0.15) is 0 Å². The number of aryl methyl sites for hydroxylation is 2. The number of amides is 1. The molecule has 2 saturated carbocycles. The third kappa shape index (κ3) is 5.32. The van der Waals surface area contributed by atoms with E-state index in [0.29, 0.717) is 48.8 Å². The van der Waals surface area contributed by atoms with E-state index in [1.54, 1.807) is 29.6 Å². The van der Waals surface area contributed by atoms with Crippen molar-refractivity contribution >= 4 is 50.3 Å². The average molecular weight is 610 g/mol. The molecule has 2 aromatic heterocycles. The highest BCUT2D eigenvalue weighted by atomic mass is 79.9. The van der Waals surface area contributed by atoms with Gasteiger partial charge >= 0.3 is 11.9 Å². The molecule has 0 bridgehead atoms. The van der Waals surface area contributed by atoms with Gasteiger partial charge in [-0.05, 0) is 93.2 Å². The van der Waals surface area contributed by atoms with Crippen LogP contribution in [0.4, 0.5) is 11.5 Å². The molecule has 1 aromatic carbocycles. The Balaban J connectivity index is 1.56. The van der Waals surface area contributed by atoms with Gasteiger partial charge in [-0.15, -0.1) is 5.10 Å². The predicted octanol–water partition coefficient (Wildman–Crippen LogP) is 5.64. The van der Waals surface area contributed by atoms with E-state index in [0.717, 1.165) is 39.6 Å². The number of nitrogens with zero attached hydrogens (tertiary/aromatic N) is 4. The summed E-state index contributed by atoms with van der Waals surface area (Å²) in [6, 6.07) is 7.76. The number of pyridine rings is 1. The molecule has 0 aliphatic heterocycles. The molecule has 5 rings (SSSR count). The predicted molar refractivity (Wildman–Crippen MR) is 155 cm³/mol. The number of fused-ring (bicyclic) bond motifs is 1. The summed E-state index contributed by atoms with van der Waals surface area (Å²) in [5.74, 6) is 5.29. The molecule has 3 aromatic rings. The molecule has 2 aliphatic rings. The van der Waals surface area contributed by atoms with Crippen molar-refractivity contribution in [2.75, 3.05) is 18.6 Å². The second kappa shape index (κ2) is 11.2. The maximum atomic E-state index is 13.5. The molecule has 1 N–H and O–H groups in total. The highest BCUT2D eigenvalue weighted by Gasteiger charge is 2.44. The lowest BCUT2D eigenvalue weighted by atomic mass is 9.73. The molecular formula is C30H33BrN4O5. The Labute approximate surface area is 242 Å². The molecule has 40 heavy (non-hydrogen) atoms. The van der Waals surface area contributed by atoms with Crippen LogP contribution in [0.2, 0.25) is 0 Å². The normalized spacial score (nSPS) is 20.6. The zero-order chi connectivity index (χ0) is 28.6. The molecule has 1 amide bonds. The van der Waals surface area contributed by atoms with Crippen molar-refractivity contribution in [3.63, 3.8) is 0 Å². The zero-order valence-corrected chi connectivity index (χ0v) is 24.7. The summed E-state index contributed by atoms with van der Waals surface area (Å²) in [6.45, 7) is 3.76. The zero-order valence-electron chi connectivity index (χ0n) is 23.2. The molecule has 210 valence electrons. The highest BCUT2D eigenvalue weighted by Crippen LogP contribution is 2.47. The van der Waals surface area contributed by atoms with E-state index >= 15 is 0 Å². The molecule has 0 spiro atoms. The molecule has 0 radical (unpaired) electrons. The quantitative estimate of drug-likeness (QED) is 0.330. The summed E-state index contributed by atoms with van der Waals surface area (Å²) < 4.78 is 14.3. The first-order chi connectivity index (χ1) is 19.2. The molecular weight excluding hydrogens is 576 g/mol. The Morgan fingerprint density at radius 2 is 2.05 bits per heavy atom. The fraction of sp³-hybridized carbons (Fsp3) is 0.467. The van der Waals surface area contributed by atoms with Crippen LogP contribution in [0.25, 0.3) is 11.0 Å². The number of hydrogen-bond donors (Lipinski definition) is 1. The number of anilines is 2. The number of aromatic nitrogens is 3. The fourth-order valence-electron chi connectivity index (χ4n) is 5.63. The molecule has 9 nitrogen and oxygen atoms in total. The lowest BCUT2D eigenvalue weighted by Crippen LogP contribution is -2.43. The Bertz CT molecular complexity index is 1530. The topological polar surface area (TPSA) is 107 Å². The summed E-state index contributed by atoms with van der Waals surface area (Å²) in [6.07, 6.45) is 4.03. The minimum absolute atomic E-state index is 0.124. The second-order valence-electron chi connectivity index (χ2n) is 10.8. The first kappa shape index (κ1) is 28.1. The number of rotatable bonds is 8. The van der Waals surface area contributed by atoms with Crippen LogP contribution < -0.4 is 9.64 Å². The summed E-state index contributed by atoms with van der Waals surface area (Å²) >= 11 is 3.65. The SMILES string of the molecule is CC#CC(=O)N(c1ccc2c(n1)c(O[C@@H]1CCC[C@](COC)(C(=O)O)C1)nn2C)c1cc(C)c(Br)cc1C1CC1. The lowest BCUT2D eigenvalue weighted by molar-refractivity contribution is -0.157. The minimum Gasteiger partial charge on any atom is -0.481 e. The van der Waals surface area contributed by atoms with Crippen LogP contribution in [-0.4, -0.2) is 51.6 Å². The number of hydrogen-bond acceptors (Lipinski definition) is 6. The van der Waals surface area contributed by atoms with Crippen molar-refractivity contribution in [1.29, 1.82) is 0 Å². The second-order valence-corrected chi connectivity index (χ2v) is 11.6. The van der Waals surface area contributed by atoms with Crippen LogP contribution in [0.1, 0.15) is 62.5 Å². The third-order valence-corrected chi connectivity index (χ3v) is 8.69. The van der Waals surface area contributed by atoms with Gasteiger partial charge in [0.15, 0.2) is 5.52 Å². The highest BCUT2D eigenvalue weighted by molar-refractivity contribution is 9.10. The molecule has 0 unspecified atom stereocenters. The third-order valence-electron chi connectivity index (χ3n) is 7.83. The standard InChI is InChI=1S/C30H33BrN4O5/c1-5-7-26(36)35(24-14-18(2)22(31)15-21(24)19-9-10-19)25-12-11-23-27(32-25)28(33-34(23)3)40-20-8-6-13-30(16-20,17-39-4)29(37)38/h11-12,14-15,19-20H,6,8-10,13,16-17H2,1-4H3,(H,37,38)/t20-,30+/m1/s1. The number of ether oxygens (including phenoxy) is 2. The monoisotopic (exact) mass is 608 g/mol. The minimum atomic E-state index is -0.998. The number of carboxylic acid groups (broad SMARTS) is 1. The number of carbonyl (C=O) groups excluding carboxylic acids is 1. The van der Waals surface area contributed by atoms with Crippen LogP contribution >= 0.6 is 15.9 Å². The number of aliphatic carboxylic acids is 1. The van der Waals surface area contributed by atoms with Gasteiger partial charge in [0, 0.05) is 25.1 Å². The molecule has 2 aliphatic carbocycles. The van der Waals surface area contributed by atoms with Gasteiger partial charge in [0.2, 0.25) is 0 Å². The van der Waals surface area contributed by atoms with Crippen molar-refractivity contribution in [2.45, 2.75) is 64.4 Å². The number of carboxylic acids is 1. The number of halogens is 1. The van der Waals surface area contributed by atoms with Crippen LogP contribution in [0.15, 0.2) is 28.7 Å². The molecule has 2 heterocycles. The number of carbonyl (C=O) groups is 2. The largest absolute Gasteiger partial charge is 0.481 e. The van der Waals surface area contributed by atoms with Gasteiger partial charge < -0.3 is 14.6 Å². The Hall–Kier alpha value is -3.42. The Morgan fingerprint density at radius 3 is 2.73 bits per heavy atom.